The molecule has 0 spiro atoms. The van der Waals surface area contributed by atoms with Crippen LogP contribution in [0.3, 0.4) is 0 Å². The van der Waals surface area contributed by atoms with Crippen LogP contribution in [0.25, 0.3) is 5.82 Å². The number of pyridine rings is 1. The zero-order valence-corrected chi connectivity index (χ0v) is 29.5. The van der Waals surface area contributed by atoms with Gasteiger partial charge in [0.15, 0.2) is 5.82 Å². The monoisotopic (exact) mass is 729 g/mol. The normalized spacial score (nSPS) is 19.6. The molecule has 14 heteroatoms. The lowest BCUT2D eigenvalue weighted by atomic mass is 9.78. The molecule has 4 heterocycles. The molecule has 3 aromatic carbocycles. The highest BCUT2D eigenvalue weighted by molar-refractivity contribution is 6.23. The van der Waals surface area contributed by atoms with Crippen LogP contribution in [-0.4, -0.2) is 66.7 Å². The number of hydrogen-bond acceptors (Lipinski definition) is 10. The van der Waals surface area contributed by atoms with Gasteiger partial charge in [-0.15, -0.1) is 4.80 Å². The molecule has 2 aromatic heterocycles. The number of aromatic nitrogens is 4. The maximum atomic E-state index is 14.2. The Labute approximate surface area is 309 Å². The van der Waals surface area contributed by atoms with E-state index in [9.17, 15) is 23.6 Å². The molecule has 1 saturated carbocycles. The van der Waals surface area contributed by atoms with Gasteiger partial charge in [-0.1, -0.05) is 38.1 Å². The third kappa shape index (κ3) is 6.66. The summed E-state index contributed by atoms with van der Waals surface area (Å²) >= 11 is 0. The number of amides is 4. The third-order valence-corrected chi connectivity index (χ3v) is 10.2. The van der Waals surface area contributed by atoms with Crippen LogP contribution < -0.4 is 20.1 Å². The van der Waals surface area contributed by atoms with Crippen molar-refractivity contribution in [2.75, 3.05) is 5.32 Å². The Morgan fingerprint density at radius 1 is 0.852 bits per heavy atom. The number of imide groups is 2. The number of anilines is 1. The summed E-state index contributed by atoms with van der Waals surface area (Å²) in [5.41, 5.74) is 3.66. The molecule has 1 atom stereocenters. The molecular weight excluding hydrogens is 693 g/mol. The third-order valence-electron chi connectivity index (χ3n) is 10.2. The molecule has 1 unspecified atom stereocenters. The molecule has 4 amide bonds. The second-order valence-corrected chi connectivity index (χ2v) is 14.1. The van der Waals surface area contributed by atoms with Crippen molar-refractivity contribution < 1.29 is 33.0 Å². The average molecular weight is 730 g/mol. The van der Waals surface area contributed by atoms with E-state index in [4.69, 9.17) is 9.47 Å². The van der Waals surface area contributed by atoms with E-state index in [2.05, 4.69) is 51.8 Å². The van der Waals surface area contributed by atoms with E-state index >= 15 is 0 Å². The molecule has 1 aliphatic carbocycles. The van der Waals surface area contributed by atoms with Gasteiger partial charge in [-0.3, -0.25) is 29.4 Å². The van der Waals surface area contributed by atoms with Crippen molar-refractivity contribution in [3.63, 3.8) is 0 Å². The summed E-state index contributed by atoms with van der Waals surface area (Å²) in [6.45, 7) is 4.47. The van der Waals surface area contributed by atoms with Gasteiger partial charge in [0.25, 0.3) is 11.8 Å². The lowest BCUT2D eigenvalue weighted by molar-refractivity contribution is -0.136. The number of benzene rings is 3. The molecule has 2 N–H and O–H groups in total. The number of ether oxygens (including phenoxy) is 2. The molecule has 8 rings (SSSR count). The SMILES string of the molecule is CC(C)(c1ccc(OCc2ccc(F)c(-n3nccn3)n2)cc1)c1ccc(O[C@H]2C[C@H](Nc3ccc4c(c3)C(=O)N(C3CCC(=O)NC3=O)C4=O)C2)cc1. The summed E-state index contributed by atoms with van der Waals surface area (Å²) in [7, 11) is 0. The Bertz CT molecular complexity index is 2250. The van der Waals surface area contributed by atoms with Gasteiger partial charge in [-0.05, 0) is 72.1 Å². The number of piperidine rings is 1. The summed E-state index contributed by atoms with van der Waals surface area (Å²) in [6, 6.07) is 23.0. The molecule has 1 saturated heterocycles. The van der Waals surface area contributed by atoms with Gasteiger partial charge in [-0.25, -0.2) is 9.37 Å². The molecule has 2 fully saturated rings. The second-order valence-electron chi connectivity index (χ2n) is 14.1. The van der Waals surface area contributed by atoms with Crippen molar-refractivity contribution in [1.82, 2.24) is 30.2 Å². The number of nitrogens with zero attached hydrogens (tertiary/aromatic N) is 5. The van der Waals surface area contributed by atoms with Crippen molar-refractivity contribution in [3.05, 3.63) is 125 Å². The molecule has 54 heavy (non-hydrogen) atoms. The summed E-state index contributed by atoms with van der Waals surface area (Å²) in [4.78, 5) is 56.5. The number of carbonyl (C=O) groups is 4. The zero-order valence-electron chi connectivity index (χ0n) is 29.5. The fourth-order valence-electron chi connectivity index (χ4n) is 7.03. The van der Waals surface area contributed by atoms with Gasteiger partial charge in [0.1, 0.15) is 30.3 Å². The molecule has 13 nitrogen and oxygen atoms in total. The van der Waals surface area contributed by atoms with Gasteiger partial charge in [-0.2, -0.15) is 10.2 Å². The van der Waals surface area contributed by atoms with E-state index in [1.165, 1.54) is 18.5 Å². The van der Waals surface area contributed by atoms with Gasteiger partial charge < -0.3 is 14.8 Å². The topological polar surface area (TPSA) is 158 Å². The summed E-state index contributed by atoms with van der Waals surface area (Å²) in [5.74, 6) is -1.17. The number of nitrogens with one attached hydrogen (secondary N) is 2. The highest BCUT2D eigenvalue weighted by Gasteiger charge is 2.45. The van der Waals surface area contributed by atoms with Gasteiger partial charge in [0.05, 0.1) is 29.2 Å². The first-order valence-electron chi connectivity index (χ1n) is 17.7. The number of rotatable bonds is 11. The van der Waals surface area contributed by atoms with Crippen LogP contribution in [0, 0.1) is 5.82 Å². The van der Waals surface area contributed by atoms with Gasteiger partial charge in [0.2, 0.25) is 17.6 Å². The molecular formula is C40H36FN7O6. The summed E-state index contributed by atoms with van der Waals surface area (Å²) in [6.07, 6.45) is 4.64. The molecule has 2 aliphatic heterocycles. The van der Waals surface area contributed by atoms with Gasteiger partial charge >= 0.3 is 0 Å². The number of fused-ring (bicyclic) bond motifs is 1. The molecule has 5 aromatic rings. The first kappa shape index (κ1) is 34.6. The summed E-state index contributed by atoms with van der Waals surface area (Å²) < 4.78 is 26.4. The minimum atomic E-state index is -0.996. The molecule has 3 aliphatic rings. The highest BCUT2D eigenvalue weighted by atomic mass is 19.1. The fourth-order valence-corrected chi connectivity index (χ4v) is 7.03. The lowest BCUT2D eigenvalue weighted by Gasteiger charge is -2.36. The number of carbonyl (C=O) groups excluding carboxylic acids is 4. The Morgan fingerprint density at radius 2 is 1.52 bits per heavy atom. The standard InChI is InChI=1S/C40H36FN7O6/c1-40(2,23-3-9-28(10-4-23)53-22-26-8-14-33(41)36(45-26)48-42-17-18-43-48)24-5-11-29(12-6-24)54-30-19-27(20-30)44-25-7-13-31-32(21-25)39(52)47(38(31)51)34-15-16-35(49)46-37(34)50/h3-14,17-18,21,27,30,34,44H,15-16,19-20,22H2,1-2H3,(H,46,49,50)/t27-,30-,34?. The van der Waals surface area contributed by atoms with Crippen molar-refractivity contribution in [3.8, 4) is 17.3 Å². The quantitative estimate of drug-likeness (QED) is 0.175. The highest BCUT2D eigenvalue weighted by Crippen LogP contribution is 2.36. The van der Waals surface area contributed by atoms with Crippen LogP contribution in [0.5, 0.6) is 11.5 Å². The van der Waals surface area contributed by atoms with Crippen LogP contribution in [0.15, 0.2) is 91.3 Å². The van der Waals surface area contributed by atoms with Crippen molar-refractivity contribution in [2.24, 2.45) is 0 Å². The van der Waals surface area contributed by atoms with Gasteiger partial charge in [0, 0.05) is 36.4 Å². The molecule has 0 bridgehead atoms. The Balaban J connectivity index is 0.825. The predicted octanol–water partition coefficient (Wildman–Crippen LogP) is 5.13. The Morgan fingerprint density at radius 3 is 2.20 bits per heavy atom. The number of halogens is 1. The van der Waals surface area contributed by atoms with E-state index in [1.807, 2.05) is 36.4 Å². The second kappa shape index (κ2) is 13.8. The predicted molar refractivity (Wildman–Crippen MR) is 193 cm³/mol. The lowest BCUT2D eigenvalue weighted by Crippen LogP contribution is -2.54. The van der Waals surface area contributed by atoms with E-state index < -0.39 is 35.5 Å². The fraction of sp³-hybridized carbons (Fsp3) is 0.275. The van der Waals surface area contributed by atoms with Crippen LogP contribution in [-0.2, 0) is 21.6 Å². The zero-order chi connectivity index (χ0) is 37.6. The molecule has 0 radical (unpaired) electrons. The van der Waals surface area contributed by atoms with E-state index in [-0.39, 0.29) is 54.0 Å². The number of hydrogen-bond donors (Lipinski definition) is 2. The van der Waals surface area contributed by atoms with Crippen molar-refractivity contribution >= 4 is 29.3 Å². The van der Waals surface area contributed by atoms with E-state index in [1.54, 1.807) is 24.3 Å². The van der Waals surface area contributed by atoms with Crippen molar-refractivity contribution in [2.45, 2.75) is 69.7 Å². The van der Waals surface area contributed by atoms with E-state index in [0.29, 0.717) is 17.1 Å². The Hall–Kier alpha value is -6.44. The van der Waals surface area contributed by atoms with E-state index in [0.717, 1.165) is 39.4 Å². The van der Waals surface area contributed by atoms with Crippen LogP contribution in [0.2, 0.25) is 0 Å². The van der Waals surface area contributed by atoms with Crippen molar-refractivity contribution in [1.29, 1.82) is 0 Å². The summed E-state index contributed by atoms with van der Waals surface area (Å²) in [5, 5.41) is 13.5. The Kier molecular flexibility index (Phi) is 8.88. The molecule has 274 valence electrons. The largest absolute Gasteiger partial charge is 0.490 e. The maximum Gasteiger partial charge on any atom is 0.262 e. The minimum Gasteiger partial charge on any atom is -0.490 e. The maximum absolute atomic E-state index is 14.2. The smallest absolute Gasteiger partial charge is 0.262 e. The van der Waals surface area contributed by atoms with Crippen LogP contribution in [0.1, 0.15) is 77.1 Å². The first-order chi connectivity index (χ1) is 26.0. The van der Waals surface area contributed by atoms with Crippen LogP contribution >= 0.6 is 0 Å². The minimum absolute atomic E-state index is 0.0123. The average Bonchev–Trinajstić information content (AvgIpc) is 3.77. The van der Waals surface area contributed by atoms with Crippen LogP contribution in [0.4, 0.5) is 10.1 Å². The first-order valence-corrected chi connectivity index (χ1v) is 17.7.